The number of nitrogens with zero attached hydrogens (tertiary/aromatic N) is 3. The molecule has 2 aromatic rings. The normalized spacial score (nSPS) is 24.0. The molecule has 2 heterocycles. The predicted octanol–water partition coefficient (Wildman–Crippen LogP) is 3.04. The Labute approximate surface area is 122 Å². The number of benzene rings is 1. The lowest BCUT2D eigenvalue weighted by Gasteiger charge is -2.36. The molecule has 0 bridgehead atoms. The van der Waals surface area contributed by atoms with Crippen molar-refractivity contribution < 1.29 is 13.5 Å². The Morgan fingerprint density at radius 2 is 2.10 bits per heavy atom. The molecule has 0 aliphatic carbocycles. The topological polar surface area (TPSA) is 30.3 Å². The van der Waals surface area contributed by atoms with Gasteiger partial charge in [-0.25, -0.2) is 4.98 Å². The average Bonchev–Trinajstić information content (AvgIpc) is 2.80. The van der Waals surface area contributed by atoms with Gasteiger partial charge in [-0.1, -0.05) is 12.1 Å². The molecule has 0 saturated carbocycles. The summed E-state index contributed by atoms with van der Waals surface area (Å²) in [5.41, 5.74) is 1.10. The predicted molar refractivity (Wildman–Crippen MR) is 76.3 cm³/mol. The summed E-state index contributed by atoms with van der Waals surface area (Å²) in [6, 6.07) is 7.22. The number of ether oxygens (including phenoxy) is 1. The van der Waals surface area contributed by atoms with Crippen molar-refractivity contribution in [2.24, 2.45) is 0 Å². The minimum atomic E-state index is -2.58. The summed E-state index contributed by atoms with van der Waals surface area (Å²) >= 11 is 0. The van der Waals surface area contributed by atoms with Gasteiger partial charge in [0.15, 0.2) is 0 Å². The van der Waals surface area contributed by atoms with E-state index in [0.717, 1.165) is 11.1 Å². The minimum absolute atomic E-state index is 0.116. The average molecular weight is 295 g/mol. The highest BCUT2D eigenvalue weighted by atomic mass is 19.3. The Morgan fingerprint density at radius 1 is 1.33 bits per heavy atom. The molecule has 1 aliphatic rings. The van der Waals surface area contributed by atoms with Gasteiger partial charge in [-0.2, -0.15) is 8.78 Å². The molecule has 1 aromatic carbocycles. The lowest BCUT2D eigenvalue weighted by molar-refractivity contribution is -0.0548. The van der Waals surface area contributed by atoms with Crippen LogP contribution in [-0.2, 0) is 11.3 Å². The molecule has 0 amide bonds. The number of para-hydroxylation sites is 2. The Bertz CT molecular complexity index is 628. The van der Waals surface area contributed by atoms with Crippen LogP contribution in [0.5, 0.6) is 0 Å². The molecule has 2 atom stereocenters. The van der Waals surface area contributed by atoms with Crippen LogP contribution in [0.25, 0.3) is 11.0 Å². The van der Waals surface area contributed by atoms with E-state index < -0.39 is 6.55 Å². The van der Waals surface area contributed by atoms with Gasteiger partial charge in [0.05, 0.1) is 30.3 Å². The third kappa shape index (κ3) is 2.78. The van der Waals surface area contributed by atoms with Crippen LogP contribution in [0, 0.1) is 0 Å². The Morgan fingerprint density at radius 3 is 2.86 bits per heavy atom. The van der Waals surface area contributed by atoms with Crippen molar-refractivity contribution in [3.05, 3.63) is 30.1 Å². The van der Waals surface area contributed by atoms with E-state index in [2.05, 4.69) is 9.88 Å². The number of hydrogen-bond donors (Lipinski definition) is 0. The van der Waals surface area contributed by atoms with Crippen molar-refractivity contribution in [3.63, 3.8) is 0 Å². The molecule has 0 N–H and O–H groups in total. The van der Waals surface area contributed by atoms with Gasteiger partial charge in [0.1, 0.15) is 5.82 Å². The van der Waals surface area contributed by atoms with Gasteiger partial charge in [-0.3, -0.25) is 9.47 Å². The smallest absolute Gasteiger partial charge is 0.320 e. The number of aromatic nitrogens is 2. The molecule has 0 spiro atoms. The maximum atomic E-state index is 13.4. The molecule has 4 nitrogen and oxygen atoms in total. The zero-order valence-electron chi connectivity index (χ0n) is 12.2. The first-order chi connectivity index (χ1) is 10.1. The number of hydrogen-bond acceptors (Lipinski definition) is 3. The second kappa shape index (κ2) is 5.69. The van der Waals surface area contributed by atoms with E-state index in [1.54, 1.807) is 18.2 Å². The quantitative estimate of drug-likeness (QED) is 0.872. The molecule has 0 unspecified atom stereocenters. The van der Waals surface area contributed by atoms with Gasteiger partial charge in [-0.05, 0) is 26.0 Å². The Balaban J connectivity index is 1.94. The summed E-state index contributed by atoms with van der Waals surface area (Å²) in [6.45, 7) is 3.22. The molecule has 3 rings (SSSR count). The van der Waals surface area contributed by atoms with Crippen LogP contribution in [0.4, 0.5) is 8.78 Å². The summed E-state index contributed by atoms with van der Waals surface area (Å²) in [4.78, 5) is 6.54. The molecule has 0 radical (unpaired) electrons. The first-order valence-electron chi connectivity index (χ1n) is 7.16. The third-order valence-electron chi connectivity index (χ3n) is 3.95. The van der Waals surface area contributed by atoms with Gasteiger partial charge in [0.25, 0.3) is 0 Å². The molecule has 1 aromatic heterocycles. The number of fused-ring (bicyclic) bond motifs is 1. The SMILES string of the molecule is C[C@@H]1CN(Cc2nc3ccccc3n2C(F)F)[C@@H](C)CO1. The first kappa shape index (κ1) is 14.4. The van der Waals surface area contributed by atoms with Crippen LogP contribution in [0.1, 0.15) is 26.2 Å². The van der Waals surface area contributed by atoms with Crippen LogP contribution in [0.15, 0.2) is 24.3 Å². The maximum absolute atomic E-state index is 13.4. The lowest BCUT2D eigenvalue weighted by atomic mass is 10.2. The van der Waals surface area contributed by atoms with Crippen LogP contribution < -0.4 is 0 Å². The summed E-state index contributed by atoms with van der Waals surface area (Å²) in [5.74, 6) is 0.409. The highest BCUT2D eigenvalue weighted by Gasteiger charge is 2.26. The molecule has 1 aliphatic heterocycles. The molecular formula is C15H19F2N3O. The van der Waals surface area contributed by atoms with Crippen molar-refractivity contribution in [2.75, 3.05) is 13.2 Å². The maximum Gasteiger partial charge on any atom is 0.320 e. The molecule has 21 heavy (non-hydrogen) atoms. The summed E-state index contributed by atoms with van der Waals surface area (Å²) in [6.07, 6.45) is 0.116. The van der Waals surface area contributed by atoms with E-state index in [1.807, 2.05) is 19.9 Å². The standard InChI is InChI=1S/C15H19F2N3O/c1-10-9-21-11(2)7-19(10)8-14-18-12-5-3-4-6-13(12)20(14)15(16)17/h3-6,10-11,15H,7-9H2,1-2H3/t10-,11+/m0/s1. The number of imidazole rings is 1. The Hall–Kier alpha value is -1.53. The largest absolute Gasteiger partial charge is 0.376 e. The van der Waals surface area contributed by atoms with Crippen molar-refractivity contribution in [3.8, 4) is 0 Å². The van der Waals surface area contributed by atoms with Crippen molar-refractivity contribution >= 4 is 11.0 Å². The fourth-order valence-corrected chi connectivity index (χ4v) is 2.80. The molecule has 1 fully saturated rings. The Kier molecular flexibility index (Phi) is 3.91. The highest BCUT2D eigenvalue weighted by molar-refractivity contribution is 5.75. The van der Waals surface area contributed by atoms with Crippen LogP contribution >= 0.6 is 0 Å². The fraction of sp³-hybridized carbons (Fsp3) is 0.533. The molecular weight excluding hydrogens is 276 g/mol. The van der Waals surface area contributed by atoms with Gasteiger partial charge in [0.2, 0.25) is 0 Å². The molecule has 6 heteroatoms. The van der Waals surface area contributed by atoms with E-state index in [1.165, 1.54) is 0 Å². The number of alkyl halides is 2. The van der Waals surface area contributed by atoms with Gasteiger partial charge < -0.3 is 4.74 Å². The zero-order chi connectivity index (χ0) is 15.0. The van der Waals surface area contributed by atoms with E-state index in [-0.39, 0.29) is 12.1 Å². The molecule has 1 saturated heterocycles. The zero-order valence-corrected chi connectivity index (χ0v) is 12.2. The lowest BCUT2D eigenvalue weighted by Crippen LogP contribution is -2.47. The van der Waals surface area contributed by atoms with Crippen LogP contribution in [-0.4, -0.2) is 39.7 Å². The summed E-state index contributed by atoms with van der Waals surface area (Å²) in [5, 5.41) is 0. The monoisotopic (exact) mass is 295 g/mol. The number of halogens is 2. The summed E-state index contributed by atoms with van der Waals surface area (Å²) in [7, 11) is 0. The minimum Gasteiger partial charge on any atom is -0.376 e. The fourth-order valence-electron chi connectivity index (χ4n) is 2.80. The van der Waals surface area contributed by atoms with Gasteiger partial charge >= 0.3 is 6.55 Å². The van der Waals surface area contributed by atoms with E-state index in [0.29, 0.717) is 30.0 Å². The van der Waals surface area contributed by atoms with Gasteiger partial charge in [-0.15, -0.1) is 0 Å². The van der Waals surface area contributed by atoms with E-state index in [4.69, 9.17) is 4.74 Å². The summed E-state index contributed by atoms with van der Waals surface area (Å²) < 4.78 is 33.4. The second-order valence-corrected chi connectivity index (χ2v) is 5.59. The van der Waals surface area contributed by atoms with E-state index >= 15 is 0 Å². The molecule has 114 valence electrons. The van der Waals surface area contributed by atoms with Crippen LogP contribution in [0.3, 0.4) is 0 Å². The van der Waals surface area contributed by atoms with Crippen molar-refractivity contribution in [1.29, 1.82) is 0 Å². The van der Waals surface area contributed by atoms with Crippen LogP contribution in [0.2, 0.25) is 0 Å². The van der Waals surface area contributed by atoms with Gasteiger partial charge in [0, 0.05) is 12.6 Å². The first-order valence-corrected chi connectivity index (χ1v) is 7.16. The van der Waals surface area contributed by atoms with E-state index in [9.17, 15) is 8.78 Å². The highest BCUT2D eigenvalue weighted by Crippen LogP contribution is 2.25. The van der Waals surface area contributed by atoms with Crippen molar-refractivity contribution in [1.82, 2.24) is 14.5 Å². The third-order valence-corrected chi connectivity index (χ3v) is 3.95. The number of rotatable bonds is 3. The number of morpholine rings is 1. The van der Waals surface area contributed by atoms with Crippen molar-refractivity contribution in [2.45, 2.75) is 39.1 Å². The second-order valence-electron chi connectivity index (χ2n) is 5.59.